The molecule has 9 nitrogen and oxygen atoms in total. The van der Waals surface area contributed by atoms with Gasteiger partial charge in [0.25, 0.3) is 5.91 Å². The fourth-order valence-electron chi connectivity index (χ4n) is 4.50. The van der Waals surface area contributed by atoms with Crippen molar-refractivity contribution in [2.45, 2.75) is 44.6 Å². The highest BCUT2D eigenvalue weighted by Gasteiger charge is 2.42. The van der Waals surface area contributed by atoms with Crippen LogP contribution in [0.2, 0.25) is 10.0 Å². The summed E-state index contributed by atoms with van der Waals surface area (Å²) in [4.78, 5) is 37.7. The van der Waals surface area contributed by atoms with Gasteiger partial charge in [-0.15, -0.1) is 0 Å². The van der Waals surface area contributed by atoms with E-state index in [1.807, 2.05) is 0 Å². The van der Waals surface area contributed by atoms with E-state index in [1.54, 1.807) is 42.5 Å². The Bertz CT molecular complexity index is 1240. The molecule has 0 heterocycles. The minimum Gasteiger partial charge on any atom is -0.480 e. The molecular weight excluding hydrogens is 541 g/mol. The van der Waals surface area contributed by atoms with Crippen molar-refractivity contribution in [1.29, 1.82) is 0 Å². The molecule has 3 rings (SSSR count). The molecule has 0 spiro atoms. The molecule has 2 aromatic carbocycles. The molecule has 1 atom stereocenters. The van der Waals surface area contributed by atoms with Crippen LogP contribution >= 0.6 is 23.2 Å². The van der Waals surface area contributed by atoms with E-state index in [-0.39, 0.29) is 34.5 Å². The van der Waals surface area contributed by atoms with Gasteiger partial charge in [0, 0.05) is 18.7 Å². The summed E-state index contributed by atoms with van der Waals surface area (Å²) in [6, 6.07) is 10.1. The van der Waals surface area contributed by atoms with Crippen LogP contribution in [0, 0.1) is 5.41 Å². The maximum Gasteiger partial charge on any atom is 0.326 e. The van der Waals surface area contributed by atoms with E-state index >= 15 is 0 Å². The molecule has 1 unspecified atom stereocenters. The van der Waals surface area contributed by atoms with Crippen molar-refractivity contribution in [3.8, 4) is 0 Å². The summed E-state index contributed by atoms with van der Waals surface area (Å²) in [5.74, 6) is -2.04. The van der Waals surface area contributed by atoms with Gasteiger partial charge < -0.3 is 15.7 Å². The van der Waals surface area contributed by atoms with Crippen LogP contribution in [0.15, 0.2) is 42.5 Å². The number of aliphatic carboxylic acids is 1. The standard InChI is InChI=1S/C25H29Cl2N3O6S/c1-37(35,36)28-14-13-25(11-2-3-12-25)24(34)30-20(23(32)33)15-16-7-9-17(10-8-16)29-22(31)21-18(26)5-4-6-19(21)27/h4-10,20,28H,2-3,11-15H2,1H3,(H,29,31)(H,30,34)(H,32,33). The Hall–Kier alpha value is -2.66. The SMILES string of the molecule is CS(=O)(=O)NCCC1(C(=O)NC(Cc2ccc(NC(=O)c3c(Cl)cccc3Cl)cc2)C(=O)O)CCCC1. The second kappa shape index (κ2) is 12.3. The number of carboxylic acid groups (broad SMARTS) is 1. The van der Waals surface area contributed by atoms with Crippen molar-refractivity contribution >= 4 is 56.7 Å². The van der Waals surface area contributed by atoms with Crippen molar-refractivity contribution in [3.05, 3.63) is 63.6 Å². The summed E-state index contributed by atoms with van der Waals surface area (Å²) in [5.41, 5.74) is 0.445. The Labute approximate surface area is 226 Å². The summed E-state index contributed by atoms with van der Waals surface area (Å²) < 4.78 is 25.2. The van der Waals surface area contributed by atoms with Gasteiger partial charge in [-0.3, -0.25) is 9.59 Å². The first kappa shape index (κ1) is 28.9. The summed E-state index contributed by atoms with van der Waals surface area (Å²) in [6.45, 7) is 0.108. The maximum absolute atomic E-state index is 13.2. The Balaban J connectivity index is 1.65. The Kier molecular flexibility index (Phi) is 9.57. The van der Waals surface area contributed by atoms with Crippen molar-refractivity contribution in [2.24, 2.45) is 5.41 Å². The van der Waals surface area contributed by atoms with Gasteiger partial charge in [-0.1, -0.05) is 54.2 Å². The van der Waals surface area contributed by atoms with E-state index in [1.165, 1.54) is 0 Å². The number of rotatable bonds is 11. The van der Waals surface area contributed by atoms with Crippen molar-refractivity contribution in [3.63, 3.8) is 0 Å². The number of anilines is 1. The molecule has 1 aliphatic carbocycles. The molecule has 2 amide bonds. The predicted octanol–water partition coefficient (Wildman–Crippen LogP) is 3.86. The highest BCUT2D eigenvalue weighted by Crippen LogP contribution is 2.41. The van der Waals surface area contributed by atoms with Gasteiger partial charge in [-0.2, -0.15) is 0 Å². The molecule has 200 valence electrons. The molecule has 4 N–H and O–H groups in total. The number of hydrogen-bond donors (Lipinski definition) is 4. The first-order valence-electron chi connectivity index (χ1n) is 11.7. The molecular formula is C25H29Cl2N3O6S. The number of amides is 2. The van der Waals surface area contributed by atoms with Crippen molar-refractivity contribution in [2.75, 3.05) is 18.1 Å². The lowest BCUT2D eigenvalue weighted by molar-refractivity contribution is -0.144. The lowest BCUT2D eigenvalue weighted by Crippen LogP contribution is -2.49. The average molecular weight is 570 g/mol. The van der Waals surface area contributed by atoms with Gasteiger partial charge in [0.05, 0.1) is 27.3 Å². The third kappa shape index (κ3) is 7.91. The van der Waals surface area contributed by atoms with Crippen LogP contribution in [-0.2, 0) is 26.0 Å². The van der Waals surface area contributed by atoms with E-state index < -0.39 is 33.4 Å². The third-order valence-electron chi connectivity index (χ3n) is 6.46. The zero-order valence-corrected chi connectivity index (χ0v) is 22.5. The van der Waals surface area contributed by atoms with Crippen LogP contribution in [0.1, 0.15) is 48.0 Å². The van der Waals surface area contributed by atoms with Crippen LogP contribution in [-0.4, -0.2) is 50.2 Å². The van der Waals surface area contributed by atoms with E-state index in [9.17, 15) is 27.9 Å². The predicted molar refractivity (Wildman–Crippen MR) is 142 cm³/mol. The molecule has 0 saturated heterocycles. The fourth-order valence-corrected chi connectivity index (χ4v) is 5.54. The number of halogens is 2. The second-order valence-electron chi connectivity index (χ2n) is 9.22. The molecule has 0 bridgehead atoms. The minimum absolute atomic E-state index is 0.0311. The molecule has 0 radical (unpaired) electrons. The normalized spacial score (nSPS) is 15.6. The smallest absolute Gasteiger partial charge is 0.326 e. The number of carbonyl (C=O) groups excluding carboxylic acids is 2. The largest absolute Gasteiger partial charge is 0.480 e. The molecule has 1 fully saturated rings. The van der Waals surface area contributed by atoms with E-state index in [2.05, 4.69) is 15.4 Å². The molecule has 12 heteroatoms. The highest BCUT2D eigenvalue weighted by molar-refractivity contribution is 7.88. The van der Waals surface area contributed by atoms with Gasteiger partial charge in [-0.25, -0.2) is 17.9 Å². The minimum atomic E-state index is -3.39. The summed E-state index contributed by atoms with van der Waals surface area (Å²) in [5, 5.41) is 15.6. The van der Waals surface area contributed by atoms with Gasteiger partial charge >= 0.3 is 5.97 Å². The first-order valence-corrected chi connectivity index (χ1v) is 14.4. The van der Waals surface area contributed by atoms with Gasteiger partial charge in [0.2, 0.25) is 15.9 Å². The van der Waals surface area contributed by atoms with Gasteiger partial charge in [0.1, 0.15) is 6.04 Å². The van der Waals surface area contributed by atoms with E-state index in [4.69, 9.17) is 23.2 Å². The molecule has 1 saturated carbocycles. The molecule has 0 aromatic heterocycles. The monoisotopic (exact) mass is 569 g/mol. The summed E-state index contributed by atoms with van der Waals surface area (Å²) >= 11 is 12.2. The number of hydrogen-bond acceptors (Lipinski definition) is 5. The van der Waals surface area contributed by atoms with E-state index in [0.717, 1.165) is 19.1 Å². The Morgan fingerprint density at radius 2 is 1.62 bits per heavy atom. The zero-order valence-electron chi connectivity index (χ0n) is 20.2. The quantitative estimate of drug-likeness (QED) is 0.323. The van der Waals surface area contributed by atoms with Crippen LogP contribution in [0.4, 0.5) is 5.69 Å². The number of nitrogens with one attached hydrogen (secondary N) is 3. The fraction of sp³-hybridized carbons (Fsp3) is 0.400. The number of benzene rings is 2. The number of sulfonamides is 1. The van der Waals surface area contributed by atoms with Crippen molar-refractivity contribution in [1.82, 2.24) is 10.0 Å². The summed E-state index contributed by atoms with van der Waals surface area (Å²) in [7, 11) is -3.39. The second-order valence-corrected chi connectivity index (χ2v) is 11.9. The maximum atomic E-state index is 13.2. The summed E-state index contributed by atoms with van der Waals surface area (Å²) in [6.07, 6.45) is 4.15. The van der Waals surface area contributed by atoms with Gasteiger partial charge in [-0.05, 0) is 49.1 Å². The molecule has 37 heavy (non-hydrogen) atoms. The van der Waals surface area contributed by atoms with Crippen molar-refractivity contribution < 1.29 is 27.9 Å². The molecule has 0 aliphatic heterocycles. The lowest BCUT2D eigenvalue weighted by Gasteiger charge is -2.29. The van der Waals surface area contributed by atoms with Crippen LogP contribution < -0.4 is 15.4 Å². The number of carboxylic acids is 1. The zero-order chi connectivity index (χ0) is 27.2. The topological polar surface area (TPSA) is 142 Å². The van der Waals surface area contributed by atoms with E-state index in [0.29, 0.717) is 30.5 Å². The lowest BCUT2D eigenvalue weighted by atomic mass is 9.81. The highest BCUT2D eigenvalue weighted by atomic mass is 35.5. The van der Waals surface area contributed by atoms with Crippen LogP contribution in [0.5, 0.6) is 0 Å². The third-order valence-corrected chi connectivity index (χ3v) is 7.81. The first-order chi connectivity index (χ1) is 17.4. The molecule has 1 aliphatic rings. The average Bonchev–Trinajstić information content (AvgIpc) is 3.29. The van der Waals surface area contributed by atoms with Gasteiger partial charge in [0.15, 0.2) is 0 Å². The van der Waals surface area contributed by atoms with Crippen LogP contribution in [0.25, 0.3) is 0 Å². The molecule has 2 aromatic rings. The van der Waals surface area contributed by atoms with Crippen LogP contribution in [0.3, 0.4) is 0 Å². The Morgan fingerprint density at radius 1 is 1.03 bits per heavy atom. The Morgan fingerprint density at radius 3 is 2.16 bits per heavy atom. The number of carbonyl (C=O) groups is 3.